The van der Waals surface area contributed by atoms with E-state index in [0.29, 0.717) is 164 Å². The second-order valence-corrected chi connectivity index (χ2v) is 10.1. The second kappa shape index (κ2) is 37.1. The zero-order valence-corrected chi connectivity index (χ0v) is 29.5. The van der Waals surface area contributed by atoms with Gasteiger partial charge in [-0.25, -0.2) is 0 Å². The summed E-state index contributed by atoms with van der Waals surface area (Å²) in [6.45, 7) is 13.4. The SMILES string of the molecule is CCCC(=O)OCCOCCOCCOCCOCCOCCOCCOCCOCCOCCOCCOCCOc1ccc(N)cc1. The minimum atomic E-state index is -0.190. The molecule has 49 heavy (non-hydrogen) atoms. The number of hydrogen-bond acceptors (Lipinski definition) is 15. The van der Waals surface area contributed by atoms with Crippen LogP contribution >= 0.6 is 0 Å². The molecule has 0 unspecified atom stereocenters. The van der Waals surface area contributed by atoms with E-state index in [2.05, 4.69) is 0 Å². The lowest BCUT2D eigenvalue weighted by atomic mass is 10.3. The Morgan fingerprint density at radius 1 is 0.429 bits per heavy atom. The van der Waals surface area contributed by atoms with E-state index in [4.69, 9.17) is 67.3 Å². The molecule has 0 spiro atoms. The highest BCUT2D eigenvalue weighted by molar-refractivity contribution is 5.69. The van der Waals surface area contributed by atoms with E-state index in [1.54, 1.807) is 12.1 Å². The average molecular weight is 708 g/mol. The zero-order valence-electron chi connectivity index (χ0n) is 29.5. The van der Waals surface area contributed by atoms with Crippen molar-refractivity contribution in [2.24, 2.45) is 0 Å². The fourth-order valence-electron chi connectivity index (χ4n) is 3.57. The van der Waals surface area contributed by atoms with Crippen LogP contribution < -0.4 is 10.5 Å². The lowest BCUT2D eigenvalue weighted by Gasteiger charge is -2.09. The number of nitrogens with two attached hydrogens (primary N) is 1. The van der Waals surface area contributed by atoms with Crippen LogP contribution in [0.4, 0.5) is 5.69 Å². The van der Waals surface area contributed by atoms with Gasteiger partial charge in [-0.1, -0.05) is 6.92 Å². The molecule has 0 aliphatic rings. The van der Waals surface area contributed by atoms with Gasteiger partial charge in [0.15, 0.2) is 0 Å². The van der Waals surface area contributed by atoms with Crippen molar-refractivity contribution in [1.29, 1.82) is 0 Å². The van der Waals surface area contributed by atoms with E-state index in [0.717, 1.165) is 12.2 Å². The Kier molecular flexibility index (Phi) is 34.0. The molecule has 0 amide bonds. The highest BCUT2D eigenvalue weighted by Gasteiger charge is 2.00. The van der Waals surface area contributed by atoms with Crippen LogP contribution in [0.15, 0.2) is 24.3 Å². The van der Waals surface area contributed by atoms with Gasteiger partial charge >= 0.3 is 5.97 Å². The van der Waals surface area contributed by atoms with Crippen LogP contribution in [0.2, 0.25) is 0 Å². The molecule has 1 aromatic rings. The van der Waals surface area contributed by atoms with Gasteiger partial charge in [0.05, 0.1) is 145 Å². The van der Waals surface area contributed by atoms with Crippen LogP contribution in [-0.2, 0) is 61.6 Å². The third-order valence-electron chi connectivity index (χ3n) is 6.04. The highest BCUT2D eigenvalue weighted by atomic mass is 16.6. The van der Waals surface area contributed by atoms with Gasteiger partial charge in [0, 0.05) is 12.1 Å². The summed E-state index contributed by atoms with van der Waals surface area (Å²) in [6.07, 6.45) is 1.22. The van der Waals surface area contributed by atoms with Crippen molar-refractivity contribution in [1.82, 2.24) is 0 Å². The molecule has 0 heterocycles. The van der Waals surface area contributed by atoms with E-state index < -0.39 is 0 Å². The van der Waals surface area contributed by atoms with Crippen molar-refractivity contribution in [3.63, 3.8) is 0 Å². The maximum atomic E-state index is 11.2. The van der Waals surface area contributed by atoms with Crippen molar-refractivity contribution < 1.29 is 66.4 Å². The normalized spacial score (nSPS) is 11.3. The van der Waals surface area contributed by atoms with Gasteiger partial charge in [-0.05, 0) is 30.7 Å². The fourth-order valence-corrected chi connectivity index (χ4v) is 3.57. The van der Waals surface area contributed by atoms with Crippen molar-refractivity contribution in [2.45, 2.75) is 19.8 Å². The summed E-state index contributed by atoms with van der Waals surface area (Å²) in [5.74, 6) is 0.578. The Morgan fingerprint density at radius 3 is 0.980 bits per heavy atom. The molecule has 0 saturated carbocycles. The largest absolute Gasteiger partial charge is 0.491 e. The van der Waals surface area contributed by atoms with E-state index in [1.165, 1.54) is 0 Å². The monoisotopic (exact) mass is 707 g/mol. The molecule has 0 fully saturated rings. The molecule has 1 rings (SSSR count). The van der Waals surface area contributed by atoms with Gasteiger partial charge in [0.1, 0.15) is 19.0 Å². The molecule has 15 nitrogen and oxygen atoms in total. The Bertz CT molecular complexity index is 821. The zero-order chi connectivity index (χ0) is 35.1. The van der Waals surface area contributed by atoms with Gasteiger partial charge in [-0.15, -0.1) is 0 Å². The number of ether oxygens (including phenoxy) is 13. The molecular formula is C34H61NO14. The third kappa shape index (κ3) is 34.1. The summed E-state index contributed by atoms with van der Waals surface area (Å²) in [4.78, 5) is 11.2. The van der Waals surface area contributed by atoms with E-state index in [-0.39, 0.29) is 12.6 Å². The van der Waals surface area contributed by atoms with Crippen molar-refractivity contribution in [3.8, 4) is 5.75 Å². The smallest absolute Gasteiger partial charge is 0.305 e. The molecule has 15 heteroatoms. The quantitative estimate of drug-likeness (QED) is 0.0601. The van der Waals surface area contributed by atoms with Crippen LogP contribution in [0.1, 0.15) is 19.8 Å². The lowest BCUT2D eigenvalue weighted by Crippen LogP contribution is -2.15. The minimum absolute atomic E-state index is 0.190. The number of esters is 1. The number of carbonyl (C=O) groups is 1. The van der Waals surface area contributed by atoms with Crippen LogP contribution in [0.25, 0.3) is 0 Å². The second-order valence-electron chi connectivity index (χ2n) is 10.1. The van der Waals surface area contributed by atoms with E-state index >= 15 is 0 Å². The summed E-state index contributed by atoms with van der Waals surface area (Å²) < 4.78 is 70.5. The Hall–Kier alpha value is -2.15. The number of anilines is 1. The standard InChI is InChI=1S/C34H61NO14/c1-2-3-34(36)49-31-29-47-27-25-45-23-21-43-19-17-41-15-13-39-11-9-37-8-10-38-12-14-40-16-18-42-20-22-44-24-26-46-28-30-48-33-6-4-32(35)5-7-33/h4-7H,2-3,8-31,35H2,1H3. The number of benzene rings is 1. The summed E-state index contributed by atoms with van der Waals surface area (Å²) in [5, 5.41) is 0. The molecule has 0 saturated heterocycles. The van der Waals surface area contributed by atoms with Crippen LogP contribution in [0.3, 0.4) is 0 Å². The van der Waals surface area contributed by atoms with Crippen molar-refractivity contribution in [3.05, 3.63) is 24.3 Å². The lowest BCUT2D eigenvalue weighted by molar-refractivity contribution is -0.145. The average Bonchev–Trinajstić information content (AvgIpc) is 3.10. The molecule has 0 aliphatic heterocycles. The van der Waals surface area contributed by atoms with Crippen molar-refractivity contribution in [2.75, 3.05) is 164 Å². The highest BCUT2D eigenvalue weighted by Crippen LogP contribution is 2.12. The number of nitrogen functional groups attached to an aromatic ring is 1. The predicted octanol–water partition coefficient (Wildman–Crippen LogP) is 2.17. The summed E-state index contributed by atoms with van der Waals surface area (Å²) in [7, 11) is 0. The molecule has 0 radical (unpaired) electrons. The molecule has 2 N–H and O–H groups in total. The van der Waals surface area contributed by atoms with Gasteiger partial charge in [-0.3, -0.25) is 4.79 Å². The molecule has 0 aromatic heterocycles. The molecule has 0 aliphatic carbocycles. The number of carbonyl (C=O) groups excluding carboxylic acids is 1. The van der Waals surface area contributed by atoms with Crippen LogP contribution in [0.5, 0.6) is 5.75 Å². The van der Waals surface area contributed by atoms with Crippen LogP contribution in [0, 0.1) is 0 Å². The molecule has 1 aromatic carbocycles. The van der Waals surface area contributed by atoms with E-state index in [1.807, 2.05) is 19.1 Å². The Morgan fingerprint density at radius 2 is 0.694 bits per heavy atom. The Labute approximate surface area is 292 Å². The van der Waals surface area contributed by atoms with Gasteiger partial charge in [-0.2, -0.15) is 0 Å². The summed E-state index contributed by atoms with van der Waals surface area (Å²) >= 11 is 0. The Balaban J connectivity index is 1.62. The molecule has 0 atom stereocenters. The predicted molar refractivity (Wildman–Crippen MR) is 181 cm³/mol. The first kappa shape index (κ1) is 44.9. The maximum absolute atomic E-state index is 11.2. The minimum Gasteiger partial charge on any atom is -0.491 e. The van der Waals surface area contributed by atoms with Gasteiger partial charge in [0.25, 0.3) is 0 Å². The summed E-state index contributed by atoms with van der Waals surface area (Å²) in [6, 6.07) is 7.25. The van der Waals surface area contributed by atoms with E-state index in [9.17, 15) is 4.79 Å². The topological polar surface area (TPSA) is 163 Å². The first-order valence-electron chi connectivity index (χ1n) is 17.2. The summed E-state index contributed by atoms with van der Waals surface area (Å²) in [5.41, 5.74) is 6.35. The maximum Gasteiger partial charge on any atom is 0.305 e. The number of rotatable bonds is 39. The molecule has 0 bridgehead atoms. The first-order chi connectivity index (χ1) is 24.2. The molecule has 286 valence electrons. The van der Waals surface area contributed by atoms with Gasteiger partial charge in [0.2, 0.25) is 0 Å². The van der Waals surface area contributed by atoms with Crippen molar-refractivity contribution >= 4 is 11.7 Å². The number of hydrogen-bond donors (Lipinski definition) is 1. The first-order valence-corrected chi connectivity index (χ1v) is 17.2. The van der Waals surface area contributed by atoms with Crippen LogP contribution in [-0.4, -0.2) is 165 Å². The third-order valence-corrected chi connectivity index (χ3v) is 6.04. The fraction of sp³-hybridized carbons (Fsp3) is 0.794. The van der Waals surface area contributed by atoms with Gasteiger partial charge < -0.3 is 67.3 Å². The molecular weight excluding hydrogens is 646 g/mol.